The Hall–Kier alpha value is -3.06. The summed E-state index contributed by atoms with van der Waals surface area (Å²) in [5.41, 5.74) is 2.00. The molecule has 1 fully saturated rings. The predicted octanol–water partition coefficient (Wildman–Crippen LogP) is 6.22. The molecule has 0 unspecified atom stereocenters. The molecule has 192 valence electrons. The molecule has 4 rings (SSSR count). The first-order valence-corrected chi connectivity index (χ1v) is 12.7. The number of ether oxygens (including phenoxy) is 1. The van der Waals surface area contributed by atoms with Crippen LogP contribution in [0.2, 0.25) is 0 Å². The van der Waals surface area contributed by atoms with Crippen molar-refractivity contribution in [2.75, 3.05) is 26.7 Å². The molecule has 0 aliphatic carbocycles. The van der Waals surface area contributed by atoms with Crippen molar-refractivity contribution in [2.24, 2.45) is 11.8 Å². The van der Waals surface area contributed by atoms with E-state index < -0.39 is 18.1 Å². The van der Waals surface area contributed by atoms with Gasteiger partial charge in [0.15, 0.2) is 0 Å². The normalized spacial score (nSPS) is 19.3. The molecule has 1 aliphatic heterocycles. The first-order chi connectivity index (χ1) is 17.5. The third-order valence-electron chi connectivity index (χ3n) is 7.40. The second kappa shape index (κ2) is 12.3. The molecule has 0 amide bonds. The quantitative estimate of drug-likeness (QED) is 0.319. The highest BCUT2D eigenvalue weighted by atomic mass is 19.1. The number of carbonyl (C=O) groups is 1. The van der Waals surface area contributed by atoms with Crippen LogP contribution in [0.3, 0.4) is 0 Å². The summed E-state index contributed by atoms with van der Waals surface area (Å²) in [5.74, 6) is -0.902. The van der Waals surface area contributed by atoms with Crippen molar-refractivity contribution < 1.29 is 23.4 Å². The molecule has 0 bridgehead atoms. The molecule has 1 saturated heterocycles. The molecule has 2 heterocycles. The van der Waals surface area contributed by atoms with Crippen molar-refractivity contribution in [3.8, 4) is 5.75 Å². The minimum absolute atomic E-state index is 0.0574. The van der Waals surface area contributed by atoms with Crippen molar-refractivity contribution in [1.29, 1.82) is 0 Å². The van der Waals surface area contributed by atoms with Crippen molar-refractivity contribution in [1.82, 2.24) is 9.88 Å². The van der Waals surface area contributed by atoms with Crippen LogP contribution in [0, 0.1) is 17.7 Å². The lowest BCUT2D eigenvalue weighted by Gasteiger charge is -2.37. The average Bonchev–Trinajstić information content (AvgIpc) is 2.90. The van der Waals surface area contributed by atoms with Crippen LogP contribution in [0.4, 0.5) is 8.78 Å². The average molecular weight is 497 g/mol. The van der Waals surface area contributed by atoms with E-state index in [1.807, 2.05) is 18.2 Å². The molecular formula is C29H34F2N2O3. The summed E-state index contributed by atoms with van der Waals surface area (Å²) in [6.45, 7) is 2.08. The van der Waals surface area contributed by atoms with Gasteiger partial charge in [0.25, 0.3) is 0 Å². The maximum absolute atomic E-state index is 15.4. The number of aromatic nitrogens is 1. The Kier molecular flexibility index (Phi) is 8.86. The minimum atomic E-state index is -1.20. The number of halogens is 2. The van der Waals surface area contributed by atoms with E-state index in [9.17, 15) is 14.3 Å². The summed E-state index contributed by atoms with van der Waals surface area (Å²) in [5, 5.41) is 10.6. The number of rotatable bonds is 11. The van der Waals surface area contributed by atoms with Crippen LogP contribution in [0.1, 0.15) is 49.4 Å². The van der Waals surface area contributed by atoms with Gasteiger partial charge in [-0.1, -0.05) is 18.2 Å². The summed E-state index contributed by atoms with van der Waals surface area (Å²) in [6, 6.07) is 13.9. The number of nitrogens with zero attached hydrogens (tertiary/aromatic N) is 2. The van der Waals surface area contributed by atoms with Crippen LogP contribution in [-0.2, 0) is 11.2 Å². The largest absolute Gasteiger partial charge is 0.497 e. The van der Waals surface area contributed by atoms with Crippen LogP contribution < -0.4 is 4.74 Å². The SMILES string of the molecule is COc1ccc2nccc([C@@H](F)CC[C@@H]3CCN(CCCCc4ccccc4F)C[C@@H]3C(=O)O)c2c1. The molecule has 1 aromatic heterocycles. The monoisotopic (exact) mass is 496 g/mol. The lowest BCUT2D eigenvalue weighted by Crippen LogP contribution is -2.44. The molecule has 2 aromatic carbocycles. The smallest absolute Gasteiger partial charge is 0.308 e. The number of hydrogen-bond acceptors (Lipinski definition) is 4. The Labute approximate surface area is 211 Å². The Bertz CT molecular complexity index is 1170. The van der Waals surface area contributed by atoms with Crippen LogP contribution in [0.5, 0.6) is 5.75 Å². The Morgan fingerprint density at radius 1 is 1.22 bits per heavy atom. The molecule has 0 saturated carbocycles. The Balaban J connectivity index is 1.30. The number of aryl methyl sites for hydroxylation is 1. The number of aliphatic carboxylic acids is 1. The van der Waals surface area contributed by atoms with Gasteiger partial charge in [-0.05, 0) is 99.0 Å². The topological polar surface area (TPSA) is 62.7 Å². The Morgan fingerprint density at radius 3 is 2.83 bits per heavy atom. The van der Waals surface area contributed by atoms with Gasteiger partial charge in [0.1, 0.15) is 17.7 Å². The highest BCUT2D eigenvalue weighted by Gasteiger charge is 2.34. The molecule has 7 heteroatoms. The number of alkyl halides is 1. The molecule has 3 aromatic rings. The van der Waals surface area contributed by atoms with E-state index in [0.717, 1.165) is 43.3 Å². The zero-order valence-corrected chi connectivity index (χ0v) is 20.7. The zero-order chi connectivity index (χ0) is 25.5. The number of carboxylic acid groups (broad SMARTS) is 1. The lowest BCUT2D eigenvalue weighted by molar-refractivity contribution is -0.146. The van der Waals surface area contributed by atoms with Gasteiger partial charge in [0.05, 0.1) is 18.5 Å². The van der Waals surface area contributed by atoms with Gasteiger partial charge in [0, 0.05) is 18.1 Å². The first kappa shape index (κ1) is 26.0. The van der Waals surface area contributed by atoms with Crippen molar-refractivity contribution in [3.63, 3.8) is 0 Å². The number of methoxy groups -OCH3 is 1. The molecule has 1 aliphatic rings. The molecule has 3 atom stereocenters. The predicted molar refractivity (Wildman–Crippen MR) is 136 cm³/mol. The fraction of sp³-hybridized carbons (Fsp3) is 0.448. The van der Waals surface area contributed by atoms with E-state index in [1.54, 1.807) is 37.6 Å². The third-order valence-corrected chi connectivity index (χ3v) is 7.40. The maximum Gasteiger partial charge on any atom is 0.308 e. The summed E-state index contributed by atoms with van der Waals surface area (Å²) in [7, 11) is 1.58. The highest BCUT2D eigenvalue weighted by Crippen LogP contribution is 2.35. The molecule has 0 spiro atoms. The number of likely N-dealkylation sites (tertiary alicyclic amines) is 1. The van der Waals surface area contributed by atoms with E-state index >= 15 is 4.39 Å². The van der Waals surface area contributed by atoms with E-state index in [2.05, 4.69) is 9.88 Å². The van der Waals surface area contributed by atoms with Gasteiger partial charge in [0.2, 0.25) is 0 Å². The van der Waals surface area contributed by atoms with Crippen LogP contribution >= 0.6 is 0 Å². The maximum atomic E-state index is 15.4. The summed E-state index contributed by atoms with van der Waals surface area (Å²) < 4.78 is 34.5. The van der Waals surface area contributed by atoms with Crippen LogP contribution in [0.25, 0.3) is 10.9 Å². The summed E-state index contributed by atoms with van der Waals surface area (Å²) in [4.78, 5) is 18.5. The molecule has 36 heavy (non-hydrogen) atoms. The number of hydrogen-bond donors (Lipinski definition) is 1. The number of benzene rings is 2. The van der Waals surface area contributed by atoms with Crippen molar-refractivity contribution in [2.45, 2.75) is 44.7 Å². The second-order valence-electron chi connectivity index (χ2n) is 9.67. The second-order valence-corrected chi connectivity index (χ2v) is 9.67. The number of piperidine rings is 1. The number of unbranched alkanes of at least 4 members (excludes halogenated alkanes) is 1. The fourth-order valence-electron chi connectivity index (χ4n) is 5.31. The van der Waals surface area contributed by atoms with Crippen molar-refractivity contribution in [3.05, 3.63) is 71.7 Å². The van der Waals surface area contributed by atoms with Gasteiger partial charge >= 0.3 is 5.97 Å². The highest BCUT2D eigenvalue weighted by molar-refractivity contribution is 5.83. The first-order valence-electron chi connectivity index (χ1n) is 12.7. The lowest BCUT2D eigenvalue weighted by atomic mass is 9.81. The third kappa shape index (κ3) is 6.38. The molecule has 0 radical (unpaired) electrons. The summed E-state index contributed by atoms with van der Waals surface area (Å²) in [6.07, 6.45) is 4.36. The van der Waals surface area contributed by atoms with E-state index in [4.69, 9.17) is 4.74 Å². The number of carboxylic acids is 1. The number of fused-ring (bicyclic) bond motifs is 1. The zero-order valence-electron chi connectivity index (χ0n) is 20.7. The van der Waals surface area contributed by atoms with Gasteiger partial charge in [-0.15, -0.1) is 0 Å². The molecular weight excluding hydrogens is 462 g/mol. The fourth-order valence-corrected chi connectivity index (χ4v) is 5.31. The standard InChI is InChI=1S/C29H34F2N2O3/c1-36-22-10-12-28-24(18-22)23(13-15-32-28)27(31)11-9-20-14-17-33(19-25(20)29(34)35)16-5-4-7-21-6-2-3-8-26(21)30/h2-3,6,8,10,12-13,15,18,20,25,27H,4-5,7,9,11,14,16-17,19H2,1H3,(H,34,35)/t20-,25+,27+/m1/s1. The van der Waals surface area contributed by atoms with E-state index in [-0.39, 0.29) is 18.2 Å². The summed E-state index contributed by atoms with van der Waals surface area (Å²) >= 11 is 0. The minimum Gasteiger partial charge on any atom is -0.497 e. The van der Waals surface area contributed by atoms with Crippen LogP contribution in [0.15, 0.2) is 54.7 Å². The molecule has 1 N–H and O–H groups in total. The van der Waals surface area contributed by atoms with Gasteiger partial charge in [-0.3, -0.25) is 9.78 Å². The van der Waals surface area contributed by atoms with Crippen LogP contribution in [-0.4, -0.2) is 47.7 Å². The molecule has 5 nitrogen and oxygen atoms in total. The number of pyridine rings is 1. The van der Waals surface area contributed by atoms with Gasteiger partial charge in [-0.2, -0.15) is 0 Å². The van der Waals surface area contributed by atoms with E-state index in [0.29, 0.717) is 36.2 Å². The van der Waals surface area contributed by atoms with Gasteiger partial charge < -0.3 is 14.7 Å². The van der Waals surface area contributed by atoms with E-state index in [1.165, 1.54) is 6.07 Å². The Morgan fingerprint density at radius 2 is 2.06 bits per heavy atom. The van der Waals surface area contributed by atoms with Crippen molar-refractivity contribution >= 4 is 16.9 Å². The van der Waals surface area contributed by atoms with Gasteiger partial charge in [-0.25, -0.2) is 8.78 Å².